The van der Waals surface area contributed by atoms with Crippen LogP contribution in [0.2, 0.25) is 0 Å². The van der Waals surface area contributed by atoms with Gasteiger partial charge in [-0.2, -0.15) is 0 Å². The minimum Gasteiger partial charge on any atom is -1.00 e. The molecule has 11 atom stereocenters. The molecule has 0 unspecified atom stereocenters. The van der Waals surface area contributed by atoms with Crippen molar-refractivity contribution in [1.82, 2.24) is 0 Å². The first-order valence-corrected chi connectivity index (χ1v) is 19.4. The van der Waals surface area contributed by atoms with E-state index >= 15 is 0 Å². The van der Waals surface area contributed by atoms with Crippen molar-refractivity contribution in [3.63, 3.8) is 0 Å². The van der Waals surface area contributed by atoms with Crippen LogP contribution in [-0.4, -0.2) is 146 Å². The lowest BCUT2D eigenvalue weighted by Crippen LogP contribution is -3.00. The number of nitrogens with zero attached hydrogens (tertiary/aromatic N) is 3. The Balaban J connectivity index is 0.00000486. The van der Waals surface area contributed by atoms with Crippen molar-refractivity contribution >= 4 is 23.9 Å². The highest BCUT2D eigenvalue weighted by molar-refractivity contribution is 5.72. The molecule has 316 valence electrons. The zero-order valence-electron chi connectivity index (χ0n) is 35.4. The van der Waals surface area contributed by atoms with Crippen LogP contribution in [0.3, 0.4) is 0 Å². The average Bonchev–Trinajstić information content (AvgIpc) is 3.32. The standard InChI is InChI=1S/C40H72N3O8.3ClH/c1-26(14-17-34(44)48-13)29-15-16-30-38-31(22-33(40(29,30)3)51-37(47)25-43(10,11)12)39(2)19-18-28(49-35(45)23-41(4,5)6)20-27(39)21-32(38)50-36(46)24-42(7,8)9;;;/h26-33,38H,14-25H2,1-13H3;3*1H/q+3;;;/p-3/t26-,27+,28-,29-,30+,31+,32-,33+,38+,39+,40-;;;/m1.../s1. The van der Waals surface area contributed by atoms with Crippen molar-refractivity contribution in [3.8, 4) is 0 Å². The fraction of sp³-hybridized carbons (Fsp3) is 0.900. The Morgan fingerprint density at radius 2 is 1.19 bits per heavy atom. The van der Waals surface area contributed by atoms with E-state index in [0.29, 0.717) is 39.3 Å². The third-order valence-electron chi connectivity index (χ3n) is 13.1. The molecule has 4 aliphatic rings. The van der Waals surface area contributed by atoms with Crippen molar-refractivity contribution in [2.24, 2.45) is 46.3 Å². The largest absolute Gasteiger partial charge is 1.00 e. The molecule has 0 saturated heterocycles. The van der Waals surface area contributed by atoms with Gasteiger partial charge in [-0.05, 0) is 86.4 Å². The Labute approximate surface area is 344 Å². The minimum absolute atomic E-state index is 0. The van der Waals surface area contributed by atoms with E-state index < -0.39 is 0 Å². The third-order valence-corrected chi connectivity index (χ3v) is 13.1. The molecule has 4 saturated carbocycles. The summed E-state index contributed by atoms with van der Waals surface area (Å²) in [5, 5.41) is 0. The van der Waals surface area contributed by atoms with Crippen molar-refractivity contribution in [1.29, 1.82) is 0 Å². The highest BCUT2D eigenvalue weighted by Gasteiger charge is 2.68. The maximum atomic E-state index is 13.7. The van der Waals surface area contributed by atoms with Gasteiger partial charge in [0, 0.05) is 17.8 Å². The van der Waals surface area contributed by atoms with Gasteiger partial charge in [-0.15, -0.1) is 0 Å². The summed E-state index contributed by atoms with van der Waals surface area (Å²) in [6, 6.07) is 0. The second-order valence-electron chi connectivity index (χ2n) is 20.3. The first kappa shape index (κ1) is 50.6. The van der Waals surface area contributed by atoms with Crippen LogP contribution in [0, 0.1) is 46.3 Å². The van der Waals surface area contributed by atoms with E-state index in [0.717, 1.165) is 38.5 Å². The van der Waals surface area contributed by atoms with E-state index in [4.69, 9.17) is 18.9 Å². The van der Waals surface area contributed by atoms with Crippen LogP contribution in [0.15, 0.2) is 0 Å². The Morgan fingerprint density at radius 3 is 1.70 bits per heavy atom. The molecule has 4 aliphatic carbocycles. The van der Waals surface area contributed by atoms with Crippen LogP contribution < -0.4 is 37.2 Å². The molecule has 4 fully saturated rings. The molecule has 0 aromatic carbocycles. The predicted molar refractivity (Wildman–Crippen MR) is 195 cm³/mol. The molecular weight excluding hydrogens is 757 g/mol. The van der Waals surface area contributed by atoms with Crippen molar-refractivity contribution in [3.05, 3.63) is 0 Å². The molecule has 0 aliphatic heterocycles. The van der Waals surface area contributed by atoms with E-state index in [1.54, 1.807) is 0 Å². The van der Waals surface area contributed by atoms with Crippen LogP contribution in [0.5, 0.6) is 0 Å². The van der Waals surface area contributed by atoms with Crippen molar-refractivity contribution < 1.29 is 88.8 Å². The summed E-state index contributed by atoms with van der Waals surface area (Å²) in [4.78, 5) is 52.5. The molecule has 54 heavy (non-hydrogen) atoms. The van der Waals surface area contributed by atoms with Crippen LogP contribution in [0.4, 0.5) is 0 Å². The summed E-state index contributed by atoms with van der Waals surface area (Å²) in [6.07, 6.45) is 6.17. The second kappa shape index (κ2) is 18.9. The van der Waals surface area contributed by atoms with Gasteiger partial charge in [0.15, 0.2) is 19.6 Å². The quantitative estimate of drug-likeness (QED) is 0.104. The number of halogens is 3. The Kier molecular flexibility index (Phi) is 17.7. The lowest BCUT2D eigenvalue weighted by atomic mass is 9.43. The highest BCUT2D eigenvalue weighted by atomic mass is 35.5. The van der Waals surface area contributed by atoms with E-state index in [1.807, 2.05) is 63.4 Å². The number of quaternary nitrogens is 3. The first-order valence-electron chi connectivity index (χ1n) is 19.4. The molecule has 0 bridgehead atoms. The van der Waals surface area contributed by atoms with E-state index in [-0.39, 0.29) is 139 Å². The van der Waals surface area contributed by atoms with Gasteiger partial charge in [0.05, 0.1) is 70.5 Å². The molecule has 0 spiro atoms. The summed E-state index contributed by atoms with van der Waals surface area (Å²) in [5.41, 5.74) is -0.430. The Morgan fingerprint density at radius 1 is 0.667 bits per heavy atom. The normalized spacial score (nSPS) is 33.8. The number of hydrogen-bond acceptors (Lipinski definition) is 8. The van der Waals surface area contributed by atoms with Gasteiger partial charge in [0.2, 0.25) is 0 Å². The lowest BCUT2D eigenvalue weighted by molar-refractivity contribution is -0.862. The van der Waals surface area contributed by atoms with Gasteiger partial charge < -0.3 is 69.6 Å². The fourth-order valence-corrected chi connectivity index (χ4v) is 10.9. The number of methoxy groups -OCH3 is 1. The number of carbonyl (C=O) groups is 4. The smallest absolute Gasteiger partial charge is 0.362 e. The molecule has 0 aromatic rings. The molecule has 0 aromatic heterocycles. The van der Waals surface area contributed by atoms with Crippen molar-refractivity contribution in [2.45, 2.75) is 96.9 Å². The molecular formula is C40H72Cl3N3O8. The van der Waals surface area contributed by atoms with E-state index in [1.165, 1.54) is 7.11 Å². The van der Waals surface area contributed by atoms with E-state index in [2.05, 4.69) is 20.8 Å². The van der Waals surface area contributed by atoms with Gasteiger partial charge in [-0.3, -0.25) is 4.79 Å². The predicted octanol–water partition coefficient (Wildman–Crippen LogP) is -4.68. The van der Waals surface area contributed by atoms with Gasteiger partial charge in [0.25, 0.3) is 0 Å². The molecule has 14 heteroatoms. The molecule has 0 heterocycles. The number of rotatable bonds is 13. The molecule has 4 rings (SSSR count). The Hall–Kier alpha value is -1.37. The number of hydrogen-bond donors (Lipinski definition) is 0. The van der Waals surface area contributed by atoms with E-state index in [9.17, 15) is 19.2 Å². The number of likely N-dealkylation sites (N-methyl/N-ethyl adjacent to an activating group) is 3. The zero-order chi connectivity index (χ0) is 38.3. The fourth-order valence-electron chi connectivity index (χ4n) is 10.9. The molecule has 11 nitrogen and oxygen atoms in total. The van der Waals surface area contributed by atoms with Crippen LogP contribution in [0.25, 0.3) is 0 Å². The summed E-state index contributed by atoms with van der Waals surface area (Å²) in [6.45, 7) is 7.83. The van der Waals surface area contributed by atoms with Crippen LogP contribution >= 0.6 is 0 Å². The number of fused-ring (bicyclic) bond motifs is 5. The lowest BCUT2D eigenvalue weighted by Gasteiger charge is -2.64. The molecule has 0 radical (unpaired) electrons. The summed E-state index contributed by atoms with van der Waals surface area (Å²) in [5.74, 6) is 0.380. The van der Waals surface area contributed by atoms with Crippen LogP contribution in [-0.2, 0) is 38.1 Å². The molecule has 0 amide bonds. The Bertz CT molecular complexity index is 1300. The third kappa shape index (κ3) is 12.1. The number of carbonyl (C=O) groups excluding carboxylic acids is 4. The number of esters is 4. The van der Waals surface area contributed by atoms with Gasteiger partial charge in [-0.25, -0.2) is 14.4 Å². The maximum absolute atomic E-state index is 13.7. The van der Waals surface area contributed by atoms with Gasteiger partial charge in [0.1, 0.15) is 18.3 Å². The first-order chi connectivity index (χ1) is 23.4. The zero-order valence-corrected chi connectivity index (χ0v) is 37.7. The summed E-state index contributed by atoms with van der Waals surface area (Å²) in [7, 11) is 19.4. The van der Waals surface area contributed by atoms with Gasteiger partial charge >= 0.3 is 23.9 Å². The minimum atomic E-state index is -0.344. The summed E-state index contributed by atoms with van der Waals surface area (Å²) >= 11 is 0. The monoisotopic (exact) mass is 827 g/mol. The SMILES string of the molecule is COC(=O)CC[C@@H](C)[C@H]1CC[C@H]2[C@@H]3[C@H](OC(=O)C[N+](C)(C)C)C[C@@H]4C[C@H](OC(=O)C[N+](C)(C)C)CC[C@]4(C)[C@H]3C[C@H](OC(=O)C[N+](C)(C)C)[C@]12C.[Cl-].[Cl-].[Cl-]. The molecule has 0 N–H and O–H groups in total. The topological polar surface area (TPSA) is 105 Å². The van der Waals surface area contributed by atoms with Crippen molar-refractivity contribution in [2.75, 3.05) is 90.2 Å². The maximum Gasteiger partial charge on any atom is 0.362 e. The number of ether oxygens (including phenoxy) is 4. The van der Waals surface area contributed by atoms with Crippen LogP contribution in [0.1, 0.15) is 78.6 Å². The summed E-state index contributed by atoms with van der Waals surface area (Å²) < 4.78 is 25.8. The average molecular weight is 829 g/mol. The second-order valence-corrected chi connectivity index (χ2v) is 20.3. The van der Waals surface area contributed by atoms with Gasteiger partial charge in [-0.1, -0.05) is 20.8 Å². The highest BCUT2D eigenvalue weighted by Crippen LogP contribution is 2.69.